The van der Waals surface area contributed by atoms with Crippen molar-refractivity contribution in [3.8, 4) is 11.6 Å². The fourth-order valence-corrected chi connectivity index (χ4v) is 2.75. The second-order valence-corrected chi connectivity index (χ2v) is 7.06. The number of carbonyl (C=O) groups excluding carboxylic acids is 1. The third-order valence-corrected chi connectivity index (χ3v) is 3.92. The minimum atomic E-state index is -0.530. The van der Waals surface area contributed by atoms with E-state index in [2.05, 4.69) is 20.2 Å². The fraction of sp³-hybridized carbons (Fsp3) is 0.562. The molecular formula is C16H20ClN5O3. The van der Waals surface area contributed by atoms with Crippen LogP contribution in [0, 0.1) is 0 Å². The van der Waals surface area contributed by atoms with E-state index in [4.69, 9.17) is 20.8 Å². The van der Waals surface area contributed by atoms with Crippen LogP contribution >= 0.6 is 11.6 Å². The van der Waals surface area contributed by atoms with Crippen LogP contribution in [0.25, 0.3) is 11.6 Å². The first kappa shape index (κ1) is 17.6. The van der Waals surface area contributed by atoms with Gasteiger partial charge < -0.3 is 9.15 Å². The van der Waals surface area contributed by atoms with Gasteiger partial charge in [-0.05, 0) is 33.6 Å². The summed E-state index contributed by atoms with van der Waals surface area (Å²) < 4.78 is 10.8. The highest BCUT2D eigenvalue weighted by molar-refractivity contribution is 6.16. The quantitative estimate of drug-likeness (QED) is 0.770. The van der Waals surface area contributed by atoms with Gasteiger partial charge in [0.2, 0.25) is 5.89 Å². The number of aromatic nitrogens is 4. The Morgan fingerprint density at radius 2 is 2.16 bits per heavy atom. The predicted octanol–water partition coefficient (Wildman–Crippen LogP) is 3.34. The predicted molar refractivity (Wildman–Crippen MR) is 89.8 cm³/mol. The molecule has 1 amide bonds. The molecule has 25 heavy (non-hydrogen) atoms. The molecule has 9 heteroatoms. The molecule has 0 aromatic carbocycles. The Morgan fingerprint density at radius 3 is 2.76 bits per heavy atom. The normalized spacial score (nSPS) is 17.8. The summed E-state index contributed by atoms with van der Waals surface area (Å²) in [6.45, 7) is 6.20. The summed E-state index contributed by atoms with van der Waals surface area (Å²) in [4.78, 5) is 22.8. The van der Waals surface area contributed by atoms with E-state index in [1.165, 1.54) is 0 Å². The number of halogens is 1. The molecule has 8 nitrogen and oxygen atoms in total. The molecule has 1 atom stereocenters. The molecule has 1 saturated heterocycles. The third kappa shape index (κ3) is 4.07. The molecule has 1 aliphatic heterocycles. The Labute approximate surface area is 150 Å². The first-order valence-electron chi connectivity index (χ1n) is 8.07. The summed E-state index contributed by atoms with van der Waals surface area (Å²) in [7, 11) is 0. The van der Waals surface area contributed by atoms with Crippen molar-refractivity contribution in [1.82, 2.24) is 25.1 Å². The summed E-state index contributed by atoms with van der Waals surface area (Å²) in [6, 6.07) is -0.141. The van der Waals surface area contributed by atoms with Crippen molar-refractivity contribution in [3.63, 3.8) is 0 Å². The van der Waals surface area contributed by atoms with E-state index in [1.807, 2.05) is 20.8 Å². The van der Waals surface area contributed by atoms with Gasteiger partial charge in [-0.1, -0.05) is 0 Å². The zero-order valence-electron chi connectivity index (χ0n) is 14.4. The Morgan fingerprint density at radius 1 is 1.36 bits per heavy atom. The molecule has 1 aliphatic rings. The van der Waals surface area contributed by atoms with Crippen molar-refractivity contribution >= 4 is 17.7 Å². The molecule has 2 aromatic rings. The molecule has 1 fully saturated rings. The fourth-order valence-electron chi connectivity index (χ4n) is 2.64. The number of hydrogen-bond acceptors (Lipinski definition) is 7. The van der Waals surface area contributed by atoms with Crippen LogP contribution in [0.5, 0.6) is 0 Å². The Bertz CT molecular complexity index is 741. The van der Waals surface area contributed by atoms with E-state index in [0.29, 0.717) is 23.8 Å². The van der Waals surface area contributed by atoms with Gasteiger partial charge in [0.05, 0.1) is 24.1 Å². The highest BCUT2D eigenvalue weighted by Crippen LogP contribution is 2.32. The van der Waals surface area contributed by atoms with Crippen LogP contribution in [-0.2, 0) is 10.6 Å². The molecule has 3 rings (SSSR count). The summed E-state index contributed by atoms with van der Waals surface area (Å²) in [5.74, 6) is 0.741. The lowest BCUT2D eigenvalue weighted by Gasteiger charge is -2.28. The number of likely N-dealkylation sites (tertiary alicyclic amines) is 1. The van der Waals surface area contributed by atoms with Crippen molar-refractivity contribution in [3.05, 3.63) is 24.0 Å². The van der Waals surface area contributed by atoms with Crippen LogP contribution < -0.4 is 0 Å². The molecule has 0 bridgehead atoms. The second-order valence-electron chi connectivity index (χ2n) is 6.79. The summed E-state index contributed by atoms with van der Waals surface area (Å²) in [6.07, 6.45) is 4.59. The lowest BCUT2D eigenvalue weighted by atomic mass is 10.1. The molecule has 0 N–H and O–H groups in total. The summed E-state index contributed by atoms with van der Waals surface area (Å²) in [5.41, 5.74) is 0.649. The van der Waals surface area contributed by atoms with E-state index < -0.39 is 5.60 Å². The Kier molecular flexibility index (Phi) is 4.89. The standard InChI is InChI=1S/C16H20ClN5O3/c1-16(2,3)25-15(23)22-6-4-5-12(22)10-8-19-11(9-18-10)14-21-20-13(7-17)24-14/h8-9,12H,4-7H2,1-3H3. The van der Waals surface area contributed by atoms with Crippen LogP contribution in [-0.4, -0.2) is 43.3 Å². The second kappa shape index (κ2) is 6.95. The molecule has 0 spiro atoms. The number of alkyl halides is 1. The van der Waals surface area contributed by atoms with E-state index in [-0.39, 0.29) is 23.9 Å². The maximum atomic E-state index is 12.4. The Balaban J connectivity index is 1.75. The van der Waals surface area contributed by atoms with Gasteiger partial charge in [0.25, 0.3) is 5.89 Å². The highest BCUT2D eigenvalue weighted by atomic mass is 35.5. The van der Waals surface area contributed by atoms with E-state index in [9.17, 15) is 4.79 Å². The van der Waals surface area contributed by atoms with Crippen LogP contribution in [0.1, 0.15) is 51.2 Å². The van der Waals surface area contributed by atoms with Gasteiger partial charge in [-0.3, -0.25) is 9.88 Å². The first-order valence-corrected chi connectivity index (χ1v) is 8.61. The van der Waals surface area contributed by atoms with Gasteiger partial charge in [0.15, 0.2) is 0 Å². The van der Waals surface area contributed by atoms with Crippen molar-refractivity contribution in [2.45, 2.75) is 51.1 Å². The smallest absolute Gasteiger partial charge is 0.410 e. The summed E-state index contributed by atoms with van der Waals surface area (Å²) in [5, 5.41) is 7.67. The maximum Gasteiger partial charge on any atom is 0.410 e. The van der Waals surface area contributed by atoms with Gasteiger partial charge in [-0.15, -0.1) is 21.8 Å². The van der Waals surface area contributed by atoms with Gasteiger partial charge in [-0.2, -0.15) is 0 Å². The number of rotatable bonds is 3. The van der Waals surface area contributed by atoms with E-state index in [1.54, 1.807) is 17.3 Å². The number of hydrogen-bond donors (Lipinski definition) is 0. The number of carbonyl (C=O) groups is 1. The number of amides is 1. The molecule has 1 unspecified atom stereocenters. The minimum absolute atomic E-state index is 0.141. The van der Waals surface area contributed by atoms with Crippen molar-refractivity contribution in [1.29, 1.82) is 0 Å². The third-order valence-electron chi connectivity index (χ3n) is 3.69. The van der Waals surface area contributed by atoms with Crippen LogP contribution in [0.2, 0.25) is 0 Å². The van der Waals surface area contributed by atoms with E-state index in [0.717, 1.165) is 12.8 Å². The van der Waals surface area contributed by atoms with Crippen LogP contribution in [0.4, 0.5) is 4.79 Å². The van der Waals surface area contributed by atoms with Gasteiger partial charge >= 0.3 is 6.09 Å². The van der Waals surface area contributed by atoms with Gasteiger partial charge in [-0.25, -0.2) is 9.78 Å². The van der Waals surface area contributed by atoms with Crippen molar-refractivity contribution in [2.75, 3.05) is 6.54 Å². The molecule has 0 radical (unpaired) electrons. The molecule has 0 saturated carbocycles. The topological polar surface area (TPSA) is 94.2 Å². The number of nitrogens with zero attached hydrogens (tertiary/aromatic N) is 5. The van der Waals surface area contributed by atoms with Crippen molar-refractivity contribution < 1.29 is 13.9 Å². The van der Waals surface area contributed by atoms with E-state index >= 15 is 0 Å². The molecular weight excluding hydrogens is 346 g/mol. The SMILES string of the molecule is CC(C)(C)OC(=O)N1CCCC1c1cnc(-c2nnc(CCl)o2)cn1. The lowest BCUT2D eigenvalue weighted by Crippen LogP contribution is -2.36. The molecule has 0 aliphatic carbocycles. The zero-order valence-corrected chi connectivity index (χ0v) is 15.2. The highest BCUT2D eigenvalue weighted by Gasteiger charge is 2.34. The monoisotopic (exact) mass is 365 g/mol. The largest absolute Gasteiger partial charge is 0.444 e. The average molecular weight is 366 g/mol. The maximum absolute atomic E-state index is 12.4. The van der Waals surface area contributed by atoms with Crippen LogP contribution in [0.3, 0.4) is 0 Å². The first-order chi connectivity index (χ1) is 11.9. The van der Waals surface area contributed by atoms with Crippen LogP contribution in [0.15, 0.2) is 16.8 Å². The number of ether oxygens (including phenoxy) is 1. The lowest BCUT2D eigenvalue weighted by molar-refractivity contribution is 0.0221. The average Bonchev–Trinajstić information content (AvgIpc) is 3.23. The zero-order chi connectivity index (χ0) is 18.0. The molecule has 134 valence electrons. The van der Waals surface area contributed by atoms with Gasteiger partial charge in [0.1, 0.15) is 17.2 Å². The van der Waals surface area contributed by atoms with Crippen molar-refractivity contribution in [2.24, 2.45) is 0 Å². The minimum Gasteiger partial charge on any atom is -0.444 e. The summed E-state index contributed by atoms with van der Waals surface area (Å²) >= 11 is 5.65. The molecule has 2 aromatic heterocycles. The van der Waals surface area contributed by atoms with Gasteiger partial charge in [0, 0.05) is 6.54 Å². The Hall–Kier alpha value is -2.22. The molecule has 3 heterocycles.